The highest BCUT2D eigenvalue weighted by atomic mass is 16.5. The second-order valence-electron chi connectivity index (χ2n) is 27.4. The number of allylic oxidation sites excluding steroid dienone is 4. The van der Waals surface area contributed by atoms with Crippen molar-refractivity contribution in [3.63, 3.8) is 0 Å². The molecule has 0 aromatic rings. The maximum Gasteiger partial charge on any atom is 0.305 e. The molecule has 0 aromatic heterocycles. The number of hydrogen-bond donors (Lipinski definition) is 3. The van der Waals surface area contributed by atoms with Crippen LogP contribution in [0, 0.1) is 0 Å². The van der Waals surface area contributed by atoms with E-state index >= 15 is 0 Å². The number of carbonyl (C=O) groups is 2. The highest BCUT2D eigenvalue weighted by molar-refractivity contribution is 5.76. The lowest BCUT2D eigenvalue weighted by Gasteiger charge is -2.22. The second kappa shape index (κ2) is 75.8. The van der Waals surface area contributed by atoms with E-state index in [1.807, 2.05) is 0 Å². The predicted octanol–water partition coefficient (Wildman–Crippen LogP) is 26.0. The van der Waals surface area contributed by atoms with E-state index in [4.69, 9.17) is 4.74 Å². The Morgan fingerprint density at radius 3 is 0.837 bits per heavy atom. The molecule has 0 spiro atoms. The Balaban J connectivity index is 3.34. The van der Waals surface area contributed by atoms with Crippen LogP contribution in [0.4, 0.5) is 0 Å². The Morgan fingerprint density at radius 2 is 0.547 bits per heavy atom. The van der Waals surface area contributed by atoms with Crippen molar-refractivity contribution in [3.05, 3.63) is 24.3 Å². The van der Waals surface area contributed by atoms with Crippen LogP contribution < -0.4 is 5.32 Å². The maximum atomic E-state index is 12.6. The number of rotatable bonds is 75. The zero-order valence-electron chi connectivity index (χ0n) is 58.6. The summed E-state index contributed by atoms with van der Waals surface area (Å²) >= 11 is 0. The first-order chi connectivity index (χ1) is 42.5. The smallest absolute Gasteiger partial charge is 0.305 e. The van der Waals surface area contributed by atoms with Crippen LogP contribution in [0.3, 0.4) is 0 Å². The van der Waals surface area contributed by atoms with Gasteiger partial charge in [-0.2, -0.15) is 0 Å². The number of aliphatic hydroxyl groups excluding tert-OH is 2. The number of carbonyl (C=O) groups excluding carboxylic acids is 2. The molecule has 0 bridgehead atoms. The van der Waals surface area contributed by atoms with Crippen LogP contribution in [-0.2, 0) is 14.3 Å². The topological polar surface area (TPSA) is 95.9 Å². The number of amides is 1. The average Bonchev–Trinajstić information content (AvgIpc) is 3.55. The summed E-state index contributed by atoms with van der Waals surface area (Å²) in [6.07, 6.45) is 97.0. The van der Waals surface area contributed by atoms with Gasteiger partial charge in [0.25, 0.3) is 0 Å². The van der Waals surface area contributed by atoms with Gasteiger partial charge in [-0.1, -0.05) is 385 Å². The molecule has 0 saturated carbocycles. The van der Waals surface area contributed by atoms with Crippen LogP contribution in [0.2, 0.25) is 0 Å². The minimum atomic E-state index is -0.663. The number of ether oxygens (including phenoxy) is 1. The van der Waals surface area contributed by atoms with Crippen LogP contribution in [0.5, 0.6) is 0 Å². The van der Waals surface area contributed by atoms with Crippen molar-refractivity contribution in [2.24, 2.45) is 0 Å². The van der Waals surface area contributed by atoms with Gasteiger partial charge in [0.15, 0.2) is 0 Å². The normalized spacial score (nSPS) is 12.6. The van der Waals surface area contributed by atoms with Crippen molar-refractivity contribution in [1.82, 2.24) is 5.32 Å². The number of hydrogen-bond acceptors (Lipinski definition) is 5. The lowest BCUT2D eigenvalue weighted by Crippen LogP contribution is -2.45. The van der Waals surface area contributed by atoms with E-state index in [0.717, 1.165) is 44.9 Å². The molecular weight excluding hydrogens is 1050 g/mol. The Morgan fingerprint density at radius 1 is 0.314 bits per heavy atom. The molecule has 0 fully saturated rings. The fraction of sp³-hybridized carbons (Fsp3) is 0.925. The first-order valence-corrected chi connectivity index (χ1v) is 39.6. The zero-order valence-corrected chi connectivity index (χ0v) is 58.6. The Kier molecular flexibility index (Phi) is 74.3. The van der Waals surface area contributed by atoms with Crippen molar-refractivity contribution in [3.8, 4) is 0 Å². The molecule has 0 saturated heterocycles. The highest BCUT2D eigenvalue weighted by Gasteiger charge is 2.20. The van der Waals surface area contributed by atoms with Gasteiger partial charge in [0, 0.05) is 12.8 Å². The van der Waals surface area contributed by atoms with Gasteiger partial charge < -0.3 is 20.3 Å². The summed E-state index contributed by atoms with van der Waals surface area (Å²) in [6, 6.07) is -0.539. The van der Waals surface area contributed by atoms with Gasteiger partial charge in [-0.05, 0) is 77.0 Å². The second-order valence-corrected chi connectivity index (χ2v) is 27.4. The van der Waals surface area contributed by atoms with Crippen LogP contribution in [0.25, 0.3) is 0 Å². The van der Waals surface area contributed by atoms with Crippen LogP contribution in [0.1, 0.15) is 450 Å². The quantitative estimate of drug-likeness (QED) is 0.0320. The van der Waals surface area contributed by atoms with Gasteiger partial charge in [0.05, 0.1) is 25.4 Å². The third kappa shape index (κ3) is 71.4. The molecule has 6 heteroatoms. The average molecular weight is 1210 g/mol. The molecule has 2 unspecified atom stereocenters. The lowest BCUT2D eigenvalue weighted by atomic mass is 10.0. The molecule has 0 aliphatic heterocycles. The Hall–Kier alpha value is -1.66. The Bertz CT molecular complexity index is 1350. The summed E-state index contributed by atoms with van der Waals surface area (Å²) < 4.78 is 5.49. The van der Waals surface area contributed by atoms with Crippen molar-refractivity contribution >= 4 is 11.9 Å². The van der Waals surface area contributed by atoms with Gasteiger partial charge in [0.2, 0.25) is 5.91 Å². The van der Waals surface area contributed by atoms with E-state index in [1.54, 1.807) is 0 Å². The van der Waals surface area contributed by atoms with E-state index in [-0.39, 0.29) is 18.5 Å². The molecule has 3 N–H and O–H groups in total. The molecule has 0 radical (unpaired) electrons. The summed E-state index contributed by atoms with van der Waals surface area (Å²) in [5.41, 5.74) is 0. The molecule has 510 valence electrons. The largest absolute Gasteiger partial charge is 0.466 e. The van der Waals surface area contributed by atoms with Gasteiger partial charge in [-0.25, -0.2) is 0 Å². The van der Waals surface area contributed by atoms with Crippen molar-refractivity contribution < 1.29 is 24.5 Å². The standard InChI is InChI=1S/C80H155NO5/c1-3-5-7-9-11-13-15-17-18-19-20-36-39-42-45-49-52-56-60-64-68-72-78(83)77(76-82)81-79(84)73-69-65-61-57-53-50-46-43-40-37-34-32-30-28-26-24-22-21-23-25-27-29-31-33-35-38-41-44-47-51-55-59-63-67-71-75-86-80(85)74-70-66-62-58-54-48-16-14-12-10-8-6-4-2/h14,16,23,25,77-78,82-83H,3-13,15,17-22,24,26-76H2,1-2H3,(H,81,84)/b16-14-,25-23-. The number of nitrogens with one attached hydrogen (secondary N) is 1. The summed E-state index contributed by atoms with van der Waals surface area (Å²) in [6.45, 7) is 4.99. The van der Waals surface area contributed by atoms with E-state index in [0.29, 0.717) is 25.9 Å². The molecule has 2 atom stereocenters. The lowest BCUT2D eigenvalue weighted by molar-refractivity contribution is -0.143. The third-order valence-electron chi connectivity index (χ3n) is 18.7. The highest BCUT2D eigenvalue weighted by Crippen LogP contribution is 2.20. The predicted molar refractivity (Wildman–Crippen MR) is 380 cm³/mol. The van der Waals surface area contributed by atoms with E-state index in [2.05, 4.69) is 43.5 Å². The van der Waals surface area contributed by atoms with Gasteiger partial charge in [-0.3, -0.25) is 9.59 Å². The molecule has 6 nitrogen and oxygen atoms in total. The first kappa shape index (κ1) is 84.3. The number of aliphatic hydroxyl groups is 2. The summed E-state index contributed by atoms with van der Waals surface area (Å²) in [5, 5.41) is 23.5. The van der Waals surface area contributed by atoms with Crippen LogP contribution in [0.15, 0.2) is 24.3 Å². The molecule has 0 heterocycles. The third-order valence-corrected chi connectivity index (χ3v) is 18.7. The van der Waals surface area contributed by atoms with Crippen molar-refractivity contribution in [1.29, 1.82) is 0 Å². The van der Waals surface area contributed by atoms with Crippen LogP contribution >= 0.6 is 0 Å². The monoisotopic (exact) mass is 1210 g/mol. The van der Waals surface area contributed by atoms with Gasteiger partial charge in [0.1, 0.15) is 0 Å². The summed E-state index contributed by atoms with van der Waals surface area (Å²) in [5.74, 6) is -0.0143. The maximum absolute atomic E-state index is 12.6. The van der Waals surface area contributed by atoms with E-state index in [9.17, 15) is 19.8 Å². The fourth-order valence-electron chi connectivity index (χ4n) is 12.7. The first-order valence-electron chi connectivity index (χ1n) is 39.6. The van der Waals surface area contributed by atoms with Crippen molar-refractivity contribution in [2.75, 3.05) is 13.2 Å². The Labute approximate surface area is 539 Å². The molecule has 0 aliphatic carbocycles. The molecule has 0 aromatic carbocycles. The molecule has 1 amide bonds. The van der Waals surface area contributed by atoms with E-state index < -0.39 is 12.1 Å². The molecule has 0 rings (SSSR count). The number of esters is 1. The van der Waals surface area contributed by atoms with E-state index in [1.165, 1.54) is 372 Å². The SMILES string of the molecule is CCCCCC/C=C\CCCCCCCC(=O)OCCCCCCCCCCCCCCCC/C=C\CCCCCCCCCCCCCCCCCCCC(=O)NC(CO)C(O)CCCCCCCCCCCCCCCCCCCCCCC. The number of unbranched alkanes of at least 4 members (excludes halogenated alkanes) is 60. The minimum absolute atomic E-state index is 0.0118. The summed E-state index contributed by atoms with van der Waals surface area (Å²) in [7, 11) is 0. The molecule has 86 heavy (non-hydrogen) atoms. The zero-order chi connectivity index (χ0) is 62.0. The molecular formula is C80H155NO5. The van der Waals surface area contributed by atoms with Gasteiger partial charge in [-0.15, -0.1) is 0 Å². The molecule has 0 aliphatic rings. The summed E-state index contributed by atoms with van der Waals surface area (Å²) in [4.78, 5) is 24.6. The minimum Gasteiger partial charge on any atom is -0.466 e. The van der Waals surface area contributed by atoms with Gasteiger partial charge >= 0.3 is 5.97 Å². The fourth-order valence-corrected chi connectivity index (χ4v) is 12.7. The van der Waals surface area contributed by atoms with Crippen molar-refractivity contribution in [2.45, 2.75) is 463 Å². The van der Waals surface area contributed by atoms with Crippen LogP contribution in [-0.4, -0.2) is 47.4 Å².